The van der Waals surface area contributed by atoms with Gasteiger partial charge in [-0.3, -0.25) is 19.8 Å². The second-order valence-corrected chi connectivity index (χ2v) is 8.82. The van der Waals surface area contributed by atoms with Crippen LogP contribution in [0.1, 0.15) is 50.5 Å². The number of nitro groups is 1. The first kappa shape index (κ1) is 20.3. The SMILES string of the molecule is CN(C(=O)Cc1ccccc1[N+](=O)[O-])[C@H]1CC[C@]2(CCCO2)C[C@@H]1N1CCCC1. The molecule has 4 rings (SSSR count). The van der Waals surface area contributed by atoms with E-state index in [0.29, 0.717) is 11.6 Å². The Balaban J connectivity index is 1.50. The molecule has 0 radical (unpaired) electrons. The molecule has 3 atom stereocenters. The molecule has 0 N–H and O–H groups in total. The molecule has 1 amide bonds. The van der Waals surface area contributed by atoms with E-state index in [2.05, 4.69) is 4.90 Å². The smallest absolute Gasteiger partial charge is 0.273 e. The molecule has 2 aliphatic heterocycles. The van der Waals surface area contributed by atoms with Gasteiger partial charge in [-0.05, 0) is 58.0 Å². The Morgan fingerprint density at radius 1 is 1.28 bits per heavy atom. The fourth-order valence-electron chi connectivity index (χ4n) is 5.54. The van der Waals surface area contributed by atoms with Crippen molar-refractivity contribution in [3.8, 4) is 0 Å². The number of likely N-dealkylation sites (tertiary alicyclic amines) is 1. The summed E-state index contributed by atoms with van der Waals surface area (Å²) in [5.41, 5.74) is 0.497. The van der Waals surface area contributed by atoms with Gasteiger partial charge in [-0.2, -0.15) is 0 Å². The lowest BCUT2D eigenvalue weighted by Crippen LogP contribution is -2.58. The van der Waals surface area contributed by atoms with Gasteiger partial charge in [0.15, 0.2) is 0 Å². The van der Waals surface area contributed by atoms with Crippen LogP contribution in [0.15, 0.2) is 24.3 Å². The van der Waals surface area contributed by atoms with Crippen LogP contribution in [0.25, 0.3) is 0 Å². The number of carbonyl (C=O) groups is 1. The maximum Gasteiger partial charge on any atom is 0.273 e. The molecule has 3 aliphatic rings. The molecule has 2 heterocycles. The van der Waals surface area contributed by atoms with Crippen LogP contribution in [0.2, 0.25) is 0 Å². The number of hydrogen-bond donors (Lipinski definition) is 0. The molecule has 2 saturated heterocycles. The van der Waals surface area contributed by atoms with Crippen molar-refractivity contribution in [3.63, 3.8) is 0 Å². The molecular weight excluding hydrogens is 370 g/mol. The second kappa shape index (κ2) is 8.40. The van der Waals surface area contributed by atoms with E-state index >= 15 is 0 Å². The van der Waals surface area contributed by atoms with Gasteiger partial charge in [0.2, 0.25) is 5.91 Å². The summed E-state index contributed by atoms with van der Waals surface area (Å²) >= 11 is 0. The monoisotopic (exact) mass is 401 g/mol. The predicted molar refractivity (Wildman–Crippen MR) is 110 cm³/mol. The second-order valence-electron chi connectivity index (χ2n) is 8.82. The van der Waals surface area contributed by atoms with Gasteiger partial charge in [-0.15, -0.1) is 0 Å². The minimum absolute atomic E-state index is 0.00807. The van der Waals surface area contributed by atoms with Gasteiger partial charge >= 0.3 is 0 Å². The Morgan fingerprint density at radius 2 is 2.03 bits per heavy atom. The molecule has 0 unspecified atom stereocenters. The van der Waals surface area contributed by atoms with Crippen LogP contribution in [-0.4, -0.2) is 65.1 Å². The Morgan fingerprint density at radius 3 is 2.72 bits per heavy atom. The number of amides is 1. The fourth-order valence-corrected chi connectivity index (χ4v) is 5.54. The van der Waals surface area contributed by atoms with Crippen LogP contribution in [0, 0.1) is 10.1 Å². The summed E-state index contributed by atoms with van der Waals surface area (Å²) in [6.45, 7) is 3.02. The summed E-state index contributed by atoms with van der Waals surface area (Å²) in [5.74, 6) is -0.0446. The van der Waals surface area contributed by atoms with E-state index in [9.17, 15) is 14.9 Å². The van der Waals surface area contributed by atoms with Crippen molar-refractivity contribution in [2.24, 2.45) is 0 Å². The molecule has 29 heavy (non-hydrogen) atoms. The lowest BCUT2D eigenvalue weighted by atomic mass is 9.76. The van der Waals surface area contributed by atoms with Gasteiger partial charge in [-0.1, -0.05) is 18.2 Å². The zero-order valence-electron chi connectivity index (χ0n) is 17.2. The van der Waals surface area contributed by atoms with Crippen molar-refractivity contribution < 1.29 is 14.5 Å². The number of nitrogens with zero attached hydrogens (tertiary/aromatic N) is 3. The number of likely N-dealkylation sites (N-methyl/N-ethyl adjacent to an activating group) is 1. The van der Waals surface area contributed by atoms with Crippen molar-refractivity contribution >= 4 is 11.6 Å². The third-order valence-electron chi connectivity index (χ3n) is 7.14. The highest BCUT2D eigenvalue weighted by Crippen LogP contribution is 2.43. The molecule has 7 heteroatoms. The fraction of sp³-hybridized carbons (Fsp3) is 0.682. The van der Waals surface area contributed by atoms with E-state index in [4.69, 9.17) is 4.74 Å². The van der Waals surface area contributed by atoms with Crippen molar-refractivity contribution in [3.05, 3.63) is 39.9 Å². The Hall–Kier alpha value is -1.99. The maximum absolute atomic E-state index is 13.1. The van der Waals surface area contributed by atoms with Crippen LogP contribution in [0.3, 0.4) is 0 Å². The van der Waals surface area contributed by atoms with Crippen molar-refractivity contribution in [1.29, 1.82) is 0 Å². The first-order chi connectivity index (χ1) is 14.0. The molecule has 7 nitrogen and oxygen atoms in total. The Labute approximate surface area is 172 Å². The van der Waals surface area contributed by atoms with Gasteiger partial charge in [0.05, 0.1) is 16.9 Å². The summed E-state index contributed by atoms with van der Waals surface area (Å²) in [4.78, 5) is 28.4. The lowest BCUT2D eigenvalue weighted by molar-refractivity contribution is -0.385. The van der Waals surface area contributed by atoms with E-state index in [-0.39, 0.29) is 29.7 Å². The van der Waals surface area contributed by atoms with Crippen LogP contribution in [0.4, 0.5) is 5.69 Å². The Kier molecular flexibility index (Phi) is 5.88. The number of ether oxygens (including phenoxy) is 1. The van der Waals surface area contributed by atoms with Gasteiger partial charge in [0, 0.05) is 37.4 Å². The predicted octanol–water partition coefficient (Wildman–Crippen LogP) is 3.16. The van der Waals surface area contributed by atoms with E-state index in [1.165, 1.54) is 18.9 Å². The first-order valence-corrected chi connectivity index (χ1v) is 10.9. The van der Waals surface area contributed by atoms with Crippen LogP contribution in [0.5, 0.6) is 0 Å². The number of rotatable bonds is 5. The Bertz CT molecular complexity index is 756. The third-order valence-corrected chi connectivity index (χ3v) is 7.14. The van der Waals surface area contributed by atoms with E-state index < -0.39 is 4.92 Å². The highest BCUT2D eigenvalue weighted by molar-refractivity contribution is 5.80. The average molecular weight is 402 g/mol. The minimum atomic E-state index is -0.405. The van der Waals surface area contributed by atoms with Gasteiger partial charge in [0.25, 0.3) is 5.69 Å². The zero-order valence-corrected chi connectivity index (χ0v) is 17.2. The molecular formula is C22H31N3O4. The van der Waals surface area contributed by atoms with E-state index in [0.717, 1.165) is 51.8 Å². The van der Waals surface area contributed by atoms with Gasteiger partial charge in [0.1, 0.15) is 0 Å². The van der Waals surface area contributed by atoms with E-state index in [1.807, 2.05) is 11.9 Å². The highest BCUT2D eigenvalue weighted by atomic mass is 16.6. The summed E-state index contributed by atoms with van der Waals surface area (Å²) < 4.78 is 6.19. The molecule has 0 bridgehead atoms. The largest absolute Gasteiger partial charge is 0.375 e. The molecule has 1 aromatic rings. The molecule has 1 aliphatic carbocycles. The molecule has 1 saturated carbocycles. The number of nitro benzene ring substituents is 1. The standard InChI is InChI=1S/C22H31N3O4/c1-23(21(26)15-17-7-2-3-8-18(17)25(27)28)19-9-11-22(10-6-14-29-22)16-20(19)24-12-4-5-13-24/h2-3,7-8,19-20H,4-6,9-16H2,1H3/t19-,20-,22+/m0/s1. The maximum atomic E-state index is 13.1. The summed E-state index contributed by atoms with van der Waals surface area (Å²) in [7, 11) is 1.87. The van der Waals surface area contributed by atoms with Crippen molar-refractivity contribution in [2.45, 2.75) is 69.1 Å². The zero-order chi connectivity index (χ0) is 20.4. The van der Waals surface area contributed by atoms with Crippen LogP contribution < -0.4 is 0 Å². The topological polar surface area (TPSA) is 75.9 Å². The quantitative estimate of drug-likeness (QED) is 0.560. The van der Waals surface area contributed by atoms with Gasteiger partial charge < -0.3 is 9.64 Å². The van der Waals surface area contributed by atoms with Gasteiger partial charge in [-0.25, -0.2) is 0 Å². The van der Waals surface area contributed by atoms with Crippen molar-refractivity contribution in [1.82, 2.24) is 9.80 Å². The molecule has 158 valence electrons. The number of carbonyl (C=O) groups excluding carboxylic acids is 1. The van der Waals surface area contributed by atoms with Crippen LogP contribution >= 0.6 is 0 Å². The number of hydrogen-bond acceptors (Lipinski definition) is 5. The molecule has 0 aromatic heterocycles. The highest BCUT2D eigenvalue weighted by Gasteiger charge is 2.47. The number of benzene rings is 1. The van der Waals surface area contributed by atoms with E-state index in [1.54, 1.807) is 18.2 Å². The normalized spacial score (nSPS) is 30.0. The molecule has 1 aromatic carbocycles. The third kappa shape index (κ3) is 4.16. The average Bonchev–Trinajstić information content (AvgIpc) is 3.40. The molecule has 3 fully saturated rings. The molecule has 1 spiro atoms. The lowest BCUT2D eigenvalue weighted by Gasteiger charge is -2.48. The van der Waals surface area contributed by atoms with Crippen LogP contribution in [-0.2, 0) is 16.0 Å². The summed E-state index contributed by atoms with van der Waals surface area (Å²) in [5, 5.41) is 11.3. The summed E-state index contributed by atoms with van der Waals surface area (Å²) in [6, 6.07) is 7.00. The number of para-hydroxylation sites is 1. The summed E-state index contributed by atoms with van der Waals surface area (Å²) in [6.07, 6.45) is 7.66. The van der Waals surface area contributed by atoms with Crippen molar-refractivity contribution in [2.75, 3.05) is 26.7 Å². The minimum Gasteiger partial charge on any atom is -0.375 e. The first-order valence-electron chi connectivity index (χ1n) is 10.9.